The smallest absolute Gasteiger partial charge is 0.373 e. The van der Waals surface area contributed by atoms with Crippen LogP contribution in [0.5, 0.6) is 0 Å². The summed E-state index contributed by atoms with van der Waals surface area (Å²) in [5, 5.41) is 0. The van der Waals surface area contributed by atoms with Crippen molar-refractivity contribution in [3.63, 3.8) is 0 Å². The maximum absolute atomic E-state index is 13.0. The third kappa shape index (κ3) is 2.35. The monoisotopic (exact) mass is 287 g/mol. The van der Waals surface area contributed by atoms with Crippen LogP contribution in [0, 0.1) is 0 Å². The number of morpholine rings is 1. The molecule has 3 rings (SSSR count). The lowest BCUT2D eigenvalue weighted by Gasteiger charge is -2.33. The van der Waals surface area contributed by atoms with E-state index in [-0.39, 0.29) is 18.0 Å². The highest BCUT2D eigenvalue weighted by Crippen LogP contribution is 2.37. The topological polar surface area (TPSA) is 28.6 Å². The first-order valence-electron chi connectivity index (χ1n) is 6.56. The fourth-order valence-electron chi connectivity index (χ4n) is 2.90. The Morgan fingerprint density at radius 3 is 2.85 bits per heavy atom. The van der Waals surface area contributed by atoms with E-state index >= 15 is 0 Å². The van der Waals surface area contributed by atoms with Gasteiger partial charge in [-0.15, -0.1) is 0 Å². The molecule has 0 spiro atoms. The molecule has 2 aliphatic heterocycles. The van der Waals surface area contributed by atoms with Crippen molar-refractivity contribution in [2.75, 3.05) is 38.2 Å². The molecule has 2 unspecified atom stereocenters. The van der Waals surface area contributed by atoms with Crippen LogP contribution in [0.15, 0.2) is 18.3 Å². The zero-order valence-corrected chi connectivity index (χ0v) is 11.1. The molecule has 2 saturated heterocycles. The summed E-state index contributed by atoms with van der Waals surface area (Å²) in [6.07, 6.45) is -3.03. The number of nitrogens with zero attached hydrogens (tertiary/aromatic N) is 3. The van der Waals surface area contributed by atoms with Gasteiger partial charge in [0.2, 0.25) is 0 Å². The third-order valence-corrected chi connectivity index (χ3v) is 3.97. The molecule has 0 radical (unpaired) electrons. The lowest BCUT2D eigenvalue weighted by molar-refractivity contribution is -0.137. The van der Waals surface area contributed by atoms with Crippen molar-refractivity contribution in [1.29, 1.82) is 0 Å². The predicted octanol–water partition coefficient (Wildman–Crippen LogP) is 1.62. The Hall–Kier alpha value is -1.34. The van der Waals surface area contributed by atoms with Gasteiger partial charge in [0.1, 0.15) is 5.82 Å². The maximum Gasteiger partial charge on any atom is 0.419 e. The quantitative estimate of drug-likeness (QED) is 0.785. The fraction of sp³-hybridized carbons (Fsp3) is 0.615. The minimum absolute atomic E-state index is 0.00593. The lowest BCUT2D eigenvalue weighted by Crippen LogP contribution is -2.48. The molecule has 2 fully saturated rings. The van der Waals surface area contributed by atoms with Crippen molar-refractivity contribution in [1.82, 2.24) is 9.88 Å². The molecular weight excluding hydrogens is 271 g/mol. The van der Waals surface area contributed by atoms with Gasteiger partial charge in [0.15, 0.2) is 0 Å². The number of ether oxygens (including phenoxy) is 1. The second-order valence-corrected chi connectivity index (χ2v) is 5.23. The van der Waals surface area contributed by atoms with Gasteiger partial charge in [-0.05, 0) is 19.2 Å². The zero-order chi connectivity index (χ0) is 14.3. The van der Waals surface area contributed by atoms with Crippen LogP contribution in [0.2, 0.25) is 0 Å². The van der Waals surface area contributed by atoms with E-state index in [0.717, 1.165) is 12.6 Å². The summed E-state index contributed by atoms with van der Waals surface area (Å²) < 4.78 is 44.8. The molecule has 110 valence electrons. The first-order valence-corrected chi connectivity index (χ1v) is 6.56. The van der Waals surface area contributed by atoms with Crippen molar-refractivity contribution in [3.05, 3.63) is 23.9 Å². The summed E-state index contributed by atoms with van der Waals surface area (Å²) in [5.74, 6) is 0.00593. The molecule has 20 heavy (non-hydrogen) atoms. The van der Waals surface area contributed by atoms with Gasteiger partial charge < -0.3 is 9.64 Å². The number of anilines is 1. The minimum Gasteiger partial charge on any atom is -0.373 e. The van der Waals surface area contributed by atoms with E-state index in [4.69, 9.17) is 4.74 Å². The number of hydrogen-bond donors (Lipinski definition) is 0. The summed E-state index contributed by atoms with van der Waals surface area (Å²) in [6.45, 7) is 2.40. The Morgan fingerprint density at radius 1 is 1.35 bits per heavy atom. The average Bonchev–Trinajstić information content (AvgIpc) is 2.83. The first kappa shape index (κ1) is 13.6. The van der Waals surface area contributed by atoms with Crippen molar-refractivity contribution >= 4 is 5.82 Å². The van der Waals surface area contributed by atoms with E-state index in [0.29, 0.717) is 19.7 Å². The van der Waals surface area contributed by atoms with Crippen LogP contribution in [0.25, 0.3) is 0 Å². The Morgan fingerprint density at radius 2 is 2.15 bits per heavy atom. The van der Waals surface area contributed by atoms with Crippen LogP contribution in [0.1, 0.15) is 5.56 Å². The number of pyridine rings is 1. The number of rotatable bonds is 1. The molecule has 1 aromatic rings. The number of alkyl halides is 3. The van der Waals surface area contributed by atoms with Crippen LogP contribution in [0.3, 0.4) is 0 Å². The summed E-state index contributed by atoms with van der Waals surface area (Å²) in [4.78, 5) is 7.77. The van der Waals surface area contributed by atoms with E-state index in [1.54, 1.807) is 4.90 Å². The largest absolute Gasteiger partial charge is 0.419 e. The average molecular weight is 287 g/mol. The van der Waals surface area contributed by atoms with E-state index in [9.17, 15) is 13.2 Å². The second kappa shape index (κ2) is 4.89. The molecule has 2 atom stereocenters. The number of likely N-dealkylation sites (N-methyl/N-ethyl adjacent to an activating group) is 1. The molecule has 0 N–H and O–H groups in total. The Balaban J connectivity index is 1.88. The zero-order valence-electron chi connectivity index (χ0n) is 11.1. The highest BCUT2D eigenvalue weighted by atomic mass is 19.4. The van der Waals surface area contributed by atoms with E-state index in [1.165, 1.54) is 12.3 Å². The van der Waals surface area contributed by atoms with Crippen LogP contribution in [0.4, 0.5) is 19.0 Å². The molecular formula is C13H16F3N3O. The van der Waals surface area contributed by atoms with Crippen molar-refractivity contribution in [2.45, 2.75) is 18.3 Å². The van der Waals surface area contributed by atoms with Crippen LogP contribution in [-0.2, 0) is 10.9 Å². The Bertz CT molecular complexity index is 494. The summed E-state index contributed by atoms with van der Waals surface area (Å²) in [5.41, 5.74) is -0.679. The lowest BCUT2D eigenvalue weighted by atomic mass is 10.1. The highest BCUT2D eigenvalue weighted by molar-refractivity contribution is 5.50. The predicted molar refractivity (Wildman–Crippen MR) is 67.6 cm³/mol. The number of aromatic nitrogens is 1. The molecule has 7 heteroatoms. The molecule has 0 bridgehead atoms. The fourth-order valence-corrected chi connectivity index (χ4v) is 2.90. The normalized spacial score (nSPS) is 27.7. The summed E-state index contributed by atoms with van der Waals surface area (Å²) >= 11 is 0. The molecule has 1 aromatic heterocycles. The van der Waals surface area contributed by atoms with Gasteiger partial charge in [-0.2, -0.15) is 13.2 Å². The molecule has 2 aliphatic rings. The van der Waals surface area contributed by atoms with Crippen molar-refractivity contribution < 1.29 is 17.9 Å². The van der Waals surface area contributed by atoms with Gasteiger partial charge in [-0.25, -0.2) is 4.98 Å². The maximum atomic E-state index is 13.0. The SMILES string of the molecule is CN1CCOC2CN(c3ncccc3C(F)(F)F)CC21. The van der Waals surface area contributed by atoms with Gasteiger partial charge >= 0.3 is 6.18 Å². The highest BCUT2D eigenvalue weighted by Gasteiger charge is 2.42. The molecule has 0 aliphatic carbocycles. The van der Waals surface area contributed by atoms with E-state index < -0.39 is 11.7 Å². The van der Waals surface area contributed by atoms with E-state index in [1.807, 2.05) is 7.05 Å². The van der Waals surface area contributed by atoms with Gasteiger partial charge in [0, 0.05) is 25.8 Å². The standard InChI is InChI=1S/C13H16F3N3O/c1-18-5-6-20-11-8-19(7-10(11)18)12-9(13(14,15)16)3-2-4-17-12/h2-4,10-11H,5-8H2,1H3. The molecule has 0 amide bonds. The third-order valence-electron chi connectivity index (χ3n) is 3.97. The molecule has 0 saturated carbocycles. The van der Waals surface area contributed by atoms with E-state index in [2.05, 4.69) is 9.88 Å². The summed E-state index contributed by atoms with van der Waals surface area (Å²) in [7, 11) is 1.98. The summed E-state index contributed by atoms with van der Waals surface area (Å²) in [6, 6.07) is 2.53. The molecule has 0 aromatic carbocycles. The molecule has 4 nitrogen and oxygen atoms in total. The molecule has 3 heterocycles. The number of hydrogen-bond acceptors (Lipinski definition) is 4. The van der Waals surface area contributed by atoms with Gasteiger partial charge in [0.05, 0.1) is 24.3 Å². The van der Waals surface area contributed by atoms with Crippen LogP contribution >= 0.6 is 0 Å². The van der Waals surface area contributed by atoms with Crippen LogP contribution < -0.4 is 4.90 Å². The Labute approximate surface area is 115 Å². The van der Waals surface area contributed by atoms with Gasteiger partial charge in [-0.3, -0.25) is 4.90 Å². The Kier molecular flexibility index (Phi) is 3.33. The van der Waals surface area contributed by atoms with Gasteiger partial charge in [0.25, 0.3) is 0 Å². The number of halogens is 3. The second-order valence-electron chi connectivity index (χ2n) is 5.23. The van der Waals surface area contributed by atoms with Gasteiger partial charge in [-0.1, -0.05) is 0 Å². The van der Waals surface area contributed by atoms with Crippen molar-refractivity contribution in [3.8, 4) is 0 Å². The number of fused-ring (bicyclic) bond motifs is 1. The van der Waals surface area contributed by atoms with Crippen molar-refractivity contribution in [2.24, 2.45) is 0 Å². The minimum atomic E-state index is -4.38. The first-order chi connectivity index (χ1) is 9.47. The van der Waals surface area contributed by atoms with Crippen LogP contribution in [-0.4, -0.2) is 55.3 Å².